The number of hydrogen-bond acceptors (Lipinski definition) is 4. The molecule has 2 rings (SSSR count). The van der Waals surface area contributed by atoms with E-state index in [1.807, 2.05) is 0 Å². The summed E-state index contributed by atoms with van der Waals surface area (Å²) in [6.07, 6.45) is 7.93. The lowest BCUT2D eigenvalue weighted by Crippen LogP contribution is -2.42. The zero-order valence-corrected chi connectivity index (χ0v) is 12.1. The van der Waals surface area contributed by atoms with Gasteiger partial charge >= 0.3 is 0 Å². The fourth-order valence-corrected chi connectivity index (χ4v) is 2.56. The Morgan fingerprint density at radius 2 is 2.16 bits per heavy atom. The van der Waals surface area contributed by atoms with Gasteiger partial charge in [-0.3, -0.25) is 0 Å². The van der Waals surface area contributed by atoms with E-state index in [9.17, 15) is 0 Å². The summed E-state index contributed by atoms with van der Waals surface area (Å²) in [5.74, 6) is 0.589. The van der Waals surface area contributed by atoms with Crippen molar-refractivity contribution >= 4 is 23.2 Å². The summed E-state index contributed by atoms with van der Waals surface area (Å²) >= 11 is 12.0. The van der Waals surface area contributed by atoms with E-state index in [1.54, 1.807) is 6.08 Å². The first kappa shape index (κ1) is 14.2. The van der Waals surface area contributed by atoms with E-state index in [4.69, 9.17) is 34.7 Å². The van der Waals surface area contributed by atoms with Gasteiger partial charge in [0.05, 0.1) is 5.70 Å². The number of allylic oxidation sites excluding steroid dienone is 3. The zero-order chi connectivity index (χ0) is 13.8. The first-order valence-electron chi connectivity index (χ1n) is 6.24. The molecule has 0 aromatic heterocycles. The predicted octanol–water partition coefficient (Wildman–Crippen LogP) is 1.90. The van der Waals surface area contributed by atoms with Gasteiger partial charge in [0.2, 0.25) is 0 Å². The van der Waals surface area contributed by atoms with Crippen molar-refractivity contribution in [3.05, 3.63) is 45.5 Å². The summed E-state index contributed by atoms with van der Waals surface area (Å²) in [5.41, 5.74) is 13.4. The quantitative estimate of drug-likeness (QED) is 0.697. The molecule has 6 heteroatoms. The maximum Gasteiger partial charge on any atom is 0.120 e. The molecule has 19 heavy (non-hydrogen) atoms. The highest BCUT2D eigenvalue weighted by Gasteiger charge is 2.19. The van der Waals surface area contributed by atoms with Crippen molar-refractivity contribution in [1.29, 1.82) is 0 Å². The SMILES string of the molecule is NC1=C(/C=C(\N)Cl)N(CC2=CCCC=C2Cl)CCN1. The summed E-state index contributed by atoms with van der Waals surface area (Å²) in [4.78, 5) is 2.13. The molecule has 1 aliphatic carbocycles. The largest absolute Gasteiger partial charge is 0.389 e. The molecule has 0 aromatic carbocycles. The van der Waals surface area contributed by atoms with Gasteiger partial charge in [-0.15, -0.1) is 0 Å². The molecular weight excluding hydrogens is 283 g/mol. The van der Waals surface area contributed by atoms with Gasteiger partial charge < -0.3 is 21.7 Å². The molecule has 0 amide bonds. The molecule has 2 aliphatic rings. The summed E-state index contributed by atoms with van der Waals surface area (Å²) in [6, 6.07) is 0. The van der Waals surface area contributed by atoms with Crippen LogP contribution >= 0.6 is 23.2 Å². The van der Waals surface area contributed by atoms with Gasteiger partial charge in [-0.25, -0.2) is 0 Å². The number of nitrogens with two attached hydrogens (primary N) is 2. The third-order valence-corrected chi connectivity index (χ3v) is 3.64. The molecule has 104 valence electrons. The Bertz CT molecular complexity index is 473. The summed E-state index contributed by atoms with van der Waals surface area (Å²) in [6.45, 7) is 2.34. The van der Waals surface area contributed by atoms with E-state index in [2.05, 4.69) is 22.4 Å². The van der Waals surface area contributed by atoms with Crippen molar-refractivity contribution in [3.8, 4) is 0 Å². The normalized spacial score (nSPS) is 20.9. The maximum atomic E-state index is 6.23. The van der Waals surface area contributed by atoms with Crippen LogP contribution in [0.15, 0.2) is 45.5 Å². The topological polar surface area (TPSA) is 67.3 Å². The Labute approximate surface area is 123 Å². The van der Waals surface area contributed by atoms with Crippen LogP contribution in [0, 0.1) is 0 Å². The Kier molecular flexibility index (Phi) is 4.66. The van der Waals surface area contributed by atoms with Crippen LogP contribution < -0.4 is 16.8 Å². The van der Waals surface area contributed by atoms with E-state index in [1.165, 1.54) is 0 Å². The summed E-state index contributed by atoms with van der Waals surface area (Å²) in [5, 5.41) is 4.14. The van der Waals surface area contributed by atoms with Crippen LogP contribution in [0.25, 0.3) is 0 Å². The molecule has 0 bridgehead atoms. The van der Waals surface area contributed by atoms with Crippen LogP contribution in [0.4, 0.5) is 0 Å². The van der Waals surface area contributed by atoms with E-state index in [0.717, 1.165) is 42.2 Å². The van der Waals surface area contributed by atoms with Crippen LogP contribution in [-0.2, 0) is 0 Å². The zero-order valence-electron chi connectivity index (χ0n) is 10.6. The average Bonchev–Trinajstić information content (AvgIpc) is 2.36. The second-order valence-electron chi connectivity index (χ2n) is 4.54. The van der Waals surface area contributed by atoms with Crippen LogP contribution in [0.5, 0.6) is 0 Å². The molecule has 0 radical (unpaired) electrons. The van der Waals surface area contributed by atoms with E-state index < -0.39 is 0 Å². The highest BCUT2D eigenvalue weighted by atomic mass is 35.5. The molecule has 0 aromatic rings. The van der Waals surface area contributed by atoms with Crippen LogP contribution in [0.3, 0.4) is 0 Å². The highest BCUT2D eigenvalue weighted by molar-refractivity contribution is 6.32. The van der Waals surface area contributed by atoms with Gasteiger partial charge in [0.25, 0.3) is 0 Å². The first-order valence-corrected chi connectivity index (χ1v) is 7.00. The summed E-state index contributed by atoms with van der Waals surface area (Å²) in [7, 11) is 0. The fraction of sp³-hybridized carbons (Fsp3) is 0.385. The van der Waals surface area contributed by atoms with E-state index in [0.29, 0.717) is 12.4 Å². The average molecular weight is 301 g/mol. The van der Waals surface area contributed by atoms with Gasteiger partial charge in [0, 0.05) is 24.7 Å². The summed E-state index contributed by atoms with van der Waals surface area (Å²) < 4.78 is 0. The van der Waals surface area contributed by atoms with Gasteiger partial charge in [-0.05, 0) is 24.5 Å². The van der Waals surface area contributed by atoms with Crippen LogP contribution in [0.2, 0.25) is 0 Å². The number of rotatable bonds is 3. The number of hydrogen-bond donors (Lipinski definition) is 3. The Morgan fingerprint density at radius 1 is 1.42 bits per heavy atom. The lowest BCUT2D eigenvalue weighted by atomic mass is 10.1. The Hall–Kier alpha value is -1.26. The molecule has 0 saturated carbocycles. The van der Waals surface area contributed by atoms with Crippen molar-refractivity contribution in [1.82, 2.24) is 10.2 Å². The molecule has 5 N–H and O–H groups in total. The molecule has 0 unspecified atom stereocenters. The molecule has 0 saturated heterocycles. The molecule has 0 fully saturated rings. The minimum absolute atomic E-state index is 0.214. The van der Waals surface area contributed by atoms with Gasteiger partial charge in [0.15, 0.2) is 0 Å². The second-order valence-corrected chi connectivity index (χ2v) is 5.38. The smallest absolute Gasteiger partial charge is 0.120 e. The van der Waals surface area contributed by atoms with Crippen molar-refractivity contribution < 1.29 is 0 Å². The van der Waals surface area contributed by atoms with E-state index in [-0.39, 0.29) is 5.16 Å². The first-order chi connectivity index (χ1) is 9.08. The lowest BCUT2D eigenvalue weighted by Gasteiger charge is -2.33. The molecule has 0 spiro atoms. The van der Waals surface area contributed by atoms with Crippen LogP contribution in [-0.4, -0.2) is 24.5 Å². The molecule has 1 aliphatic heterocycles. The minimum Gasteiger partial charge on any atom is -0.389 e. The predicted molar refractivity (Wildman–Crippen MR) is 80.2 cm³/mol. The minimum atomic E-state index is 0.214. The number of nitrogens with zero attached hydrogens (tertiary/aromatic N) is 1. The third kappa shape index (κ3) is 3.61. The van der Waals surface area contributed by atoms with Crippen molar-refractivity contribution in [2.24, 2.45) is 11.5 Å². The second kappa shape index (κ2) is 6.26. The standard InChI is InChI=1S/C13H18Cl2N4/c14-10-4-2-1-3-9(10)8-19-6-5-18-13(17)11(19)7-12(15)16/h3-4,7,18H,1-2,5-6,8,16-17H2/b12-7-. The fourth-order valence-electron chi connectivity index (χ4n) is 2.21. The lowest BCUT2D eigenvalue weighted by molar-refractivity contribution is 0.353. The molecule has 0 atom stereocenters. The Balaban J connectivity index is 2.19. The number of halogens is 2. The maximum absolute atomic E-state index is 6.23. The van der Waals surface area contributed by atoms with Crippen molar-refractivity contribution in [2.45, 2.75) is 12.8 Å². The highest BCUT2D eigenvalue weighted by Crippen LogP contribution is 2.25. The molecule has 1 heterocycles. The van der Waals surface area contributed by atoms with E-state index >= 15 is 0 Å². The van der Waals surface area contributed by atoms with Gasteiger partial charge in [0.1, 0.15) is 11.0 Å². The molecular formula is C13H18Cl2N4. The Morgan fingerprint density at radius 3 is 2.84 bits per heavy atom. The molecule has 4 nitrogen and oxygen atoms in total. The van der Waals surface area contributed by atoms with Gasteiger partial charge in [-0.1, -0.05) is 35.4 Å². The number of nitrogens with one attached hydrogen (secondary N) is 1. The third-order valence-electron chi connectivity index (χ3n) is 3.14. The van der Waals surface area contributed by atoms with Crippen LogP contribution in [0.1, 0.15) is 12.8 Å². The van der Waals surface area contributed by atoms with Crippen molar-refractivity contribution in [3.63, 3.8) is 0 Å². The monoisotopic (exact) mass is 300 g/mol. The van der Waals surface area contributed by atoms with Gasteiger partial charge in [-0.2, -0.15) is 0 Å². The van der Waals surface area contributed by atoms with Crippen molar-refractivity contribution in [2.75, 3.05) is 19.6 Å².